The number of nitrogens with two attached hydrogens (primary N) is 1. The van der Waals surface area contributed by atoms with Gasteiger partial charge in [0, 0.05) is 33.8 Å². The number of hydrogen-bond acceptors (Lipinski definition) is 5. The Morgan fingerprint density at radius 1 is 1.43 bits per heavy atom. The van der Waals surface area contributed by atoms with E-state index in [4.69, 9.17) is 10.8 Å². The summed E-state index contributed by atoms with van der Waals surface area (Å²) in [5, 5.41) is 9.02. The summed E-state index contributed by atoms with van der Waals surface area (Å²) in [7, 11) is -0.434. The van der Waals surface area contributed by atoms with Gasteiger partial charge in [0.25, 0.3) is 0 Å². The number of nitrogens with zero attached hydrogens (tertiary/aromatic N) is 2. The van der Waals surface area contributed by atoms with Gasteiger partial charge in [-0.2, -0.15) is 0 Å². The minimum atomic E-state index is -3.46. The smallest absolute Gasteiger partial charge is 0.242 e. The minimum absolute atomic E-state index is 0.184. The second-order valence-electron chi connectivity index (χ2n) is 5.62. The Morgan fingerprint density at radius 2 is 2.14 bits per heavy atom. The molecule has 0 amide bonds. The van der Waals surface area contributed by atoms with Gasteiger partial charge in [0.05, 0.1) is 16.3 Å². The van der Waals surface area contributed by atoms with Crippen LogP contribution in [0.2, 0.25) is 0 Å². The maximum Gasteiger partial charge on any atom is 0.242 e. The maximum atomic E-state index is 12.2. The largest absolute Gasteiger partial charge is 0.397 e. The summed E-state index contributed by atoms with van der Waals surface area (Å²) in [6.07, 6.45) is 1.76. The average molecular weight is 313 g/mol. The van der Waals surface area contributed by atoms with Crippen molar-refractivity contribution in [3.8, 4) is 0 Å². The molecule has 1 fully saturated rings. The molecule has 21 heavy (non-hydrogen) atoms. The molecule has 1 saturated heterocycles. The molecule has 0 aliphatic carbocycles. The summed E-state index contributed by atoms with van der Waals surface area (Å²) in [5.41, 5.74) is 7.35. The van der Waals surface area contributed by atoms with Gasteiger partial charge >= 0.3 is 0 Å². The predicted molar refractivity (Wildman–Crippen MR) is 83.8 cm³/mol. The van der Waals surface area contributed by atoms with Crippen LogP contribution in [0.1, 0.15) is 12.8 Å². The number of hydrogen-bond donors (Lipinski definition) is 2. The molecule has 0 saturated carbocycles. The van der Waals surface area contributed by atoms with E-state index < -0.39 is 10.0 Å². The Hall–Kier alpha value is -1.31. The first-order valence-corrected chi connectivity index (χ1v) is 8.48. The van der Waals surface area contributed by atoms with Gasteiger partial charge in [-0.3, -0.25) is 0 Å². The van der Waals surface area contributed by atoms with E-state index in [1.807, 2.05) is 0 Å². The van der Waals surface area contributed by atoms with Gasteiger partial charge in [-0.05, 0) is 37.0 Å². The summed E-state index contributed by atoms with van der Waals surface area (Å²) in [6, 6.07) is 4.83. The van der Waals surface area contributed by atoms with E-state index >= 15 is 0 Å². The van der Waals surface area contributed by atoms with Gasteiger partial charge < -0.3 is 15.7 Å². The van der Waals surface area contributed by atoms with Crippen molar-refractivity contribution >= 4 is 21.4 Å². The van der Waals surface area contributed by atoms with Crippen LogP contribution in [0.25, 0.3) is 0 Å². The van der Waals surface area contributed by atoms with Crippen molar-refractivity contribution in [2.45, 2.75) is 17.7 Å². The van der Waals surface area contributed by atoms with Crippen LogP contribution in [0.4, 0.5) is 11.4 Å². The van der Waals surface area contributed by atoms with Crippen LogP contribution in [0, 0.1) is 5.92 Å². The van der Waals surface area contributed by atoms with Gasteiger partial charge in [0.15, 0.2) is 0 Å². The van der Waals surface area contributed by atoms with Crippen molar-refractivity contribution in [1.82, 2.24) is 4.31 Å². The topological polar surface area (TPSA) is 86.9 Å². The van der Waals surface area contributed by atoms with Crippen molar-refractivity contribution in [3.05, 3.63) is 18.2 Å². The summed E-state index contributed by atoms with van der Waals surface area (Å²) < 4.78 is 25.6. The Morgan fingerprint density at radius 3 is 2.76 bits per heavy atom. The number of sulfonamides is 1. The fraction of sp³-hybridized carbons (Fsp3) is 0.571. The Kier molecular flexibility index (Phi) is 4.75. The lowest BCUT2D eigenvalue weighted by atomic mass is 10.1. The summed E-state index contributed by atoms with van der Waals surface area (Å²) in [5.74, 6) is 0.434. The molecule has 1 heterocycles. The molecule has 0 aromatic heterocycles. The molecule has 1 aliphatic rings. The van der Waals surface area contributed by atoms with E-state index in [1.54, 1.807) is 12.1 Å². The van der Waals surface area contributed by atoms with Crippen LogP contribution < -0.4 is 10.6 Å². The third-order valence-corrected chi connectivity index (χ3v) is 5.76. The highest BCUT2D eigenvalue weighted by molar-refractivity contribution is 7.89. The molecule has 1 aromatic rings. The highest BCUT2D eigenvalue weighted by Crippen LogP contribution is 2.32. The molecule has 2 rings (SSSR count). The van der Waals surface area contributed by atoms with Crippen molar-refractivity contribution in [2.24, 2.45) is 5.92 Å². The highest BCUT2D eigenvalue weighted by Gasteiger charge is 2.25. The van der Waals surface area contributed by atoms with E-state index in [1.165, 1.54) is 24.5 Å². The lowest BCUT2D eigenvalue weighted by Crippen LogP contribution is -2.24. The van der Waals surface area contributed by atoms with Crippen LogP contribution >= 0.6 is 0 Å². The molecule has 6 nitrogen and oxygen atoms in total. The van der Waals surface area contributed by atoms with Crippen LogP contribution in [-0.2, 0) is 10.0 Å². The highest BCUT2D eigenvalue weighted by atomic mass is 32.2. The zero-order valence-corrected chi connectivity index (χ0v) is 13.3. The van der Waals surface area contributed by atoms with Crippen LogP contribution in [0.15, 0.2) is 23.1 Å². The first kappa shape index (κ1) is 16.1. The summed E-state index contributed by atoms with van der Waals surface area (Å²) in [6.45, 7) is 1.82. The lowest BCUT2D eigenvalue weighted by Gasteiger charge is -2.22. The van der Waals surface area contributed by atoms with E-state index in [0.717, 1.165) is 31.6 Å². The number of aliphatic hydroxyl groups is 1. The molecular formula is C14H23N3O3S. The molecule has 1 atom stereocenters. The Balaban J connectivity index is 2.29. The zero-order chi connectivity index (χ0) is 15.6. The molecular weight excluding hydrogens is 290 g/mol. The number of aliphatic hydroxyl groups excluding tert-OH is 1. The third-order valence-electron chi connectivity index (χ3n) is 3.94. The van der Waals surface area contributed by atoms with E-state index in [-0.39, 0.29) is 11.5 Å². The first-order chi connectivity index (χ1) is 9.86. The minimum Gasteiger partial charge on any atom is -0.397 e. The normalized spacial score (nSPS) is 19.4. The first-order valence-electron chi connectivity index (χ1n) is 7.04. The van der Waals surface area contributed by atoms with Gasteiger partial charge in [-0.1, -0.05) is 0 Å². The lowest BCUT2D eigenvalue weighted by molar-refractivity contribution is 0.263. The second-order valence-corrected chi connectivity index (χ2v) is 7.77. The number of anilines is 2. The van der Waals surface area contributed by atoms with Gasteiger partial charge in [0.1, 0.15) is 0 Å². The molecule has 0 radical (unpaired) electrons. The molecule has 7 heteroatoms. The zero-order valence-electron chi connectivity index (χ0n) is 12.5. The molecule has 1 unspecified atom stereocenters. The van der Waals surface area contributed by atoms with E-state index in [0.29, 0.717) is 11.6 Å². The van der Waals surface area contributed by atoms with Crippen molar-refractivity contribution in [2.75, 3.05) is 44.4 Å². The van der Waals surface area contributed by atoms with Crippen molar-refractivity contribution in [3.63, 3.8) is 0 Å². The van der Waals surface area contributed by atoms with Crippen molar-refractivity contribution < 1.29 is 13.5 Å². The Bertz CT molecular complexity index is 601. The predicted octanol–water partition coefficient (Wildman–Crippen LogP) is 0.728. The van der Waals surface area contributed by atoms with Crippen LogP contribution in [0.3, 0.4) is 0 Å². The average Bonchev–Trinajstić information content (AvgIpc) is 2.87. The SMILES string of the molecule is CN(C)S(=O)(=O)c1ccc(N)c(N2CCC(CCO)C2)c1. The molecule has 0 bridgehead atoms. The molecule has 1 aliphatic heterocycles. The molecule has 1 aromatic carbocycles. The molecule has 3 N–H and O–H groups in total. The number of benzene rings is 1. The van der Waals surface area contributed by atoms with E-state index in [2.05, 4.69) is 4.90 Å². The maximum absolute atomic E-state index is 12.2. The summed E-state index contributed by atoms with van der Waals surface area (Å²) in [4.78, 5) is 2.35. The van der Waals surface area contributed by atoms with Crippen LogP contribution in [0.5, 0.6) is 0 Å². The quantitative estimate of drug-likeness (QED) is 0.783. The molecule has 118 valence electrons. The van der Waals surface area contributed by atoms with E-state index in [9.17, 15) is 8.42 Å². The van der Waals surface area contributed by atoms with Gasteiger partial charge in [-0.15, -0.1) is 0 Å². The fourth-order valence-corrected chi connectivity index (χ4v) is 3.56. The number of rotatable bonds is 5. The fourth-order valence-electron chi connectivity index (χ4n) is 2.64. The van der Waals surface area contributed by atoms with Crippen LogP contribution in [-0.4, -0.2) is 51.6 Å². The molecule has 0 spiro atoms. The third kappa shape index (κ3) is 3.30. The van der Waals surface area contributed by atoms with Crippen molar-refractivity contribution in [1.29, 1.82) is 0 Å². The van der Waals surface area contributed by atoms with Gasteiger partial charge in [0.2, 0.25) is 10.0 Å². The standard InChI is InChI=1S/C14H23N3O3S/c1-16(2)21(19,20)12-3-4-13(15)14(9-12)17-7-5-11(10-17)6-8-18/h3-4,9,11,18H,5-8,10,15H2,1-2H3. The van der Waals surface area contributed by atoms with Gasteiger partial charge in [-0.25, -0.2) is 12.7 Å². The Labute approximate surface area is 126 Å². The summed E-state index contributed by atoms with van der Waals surface area (Å²) >= 11 is 0. The monoisotopic (exact) mass is 313 g/mol. The number of nitrogen functional groups attached to an aromatic ring is 1. The second kappa shape index (κ2) is 6.21.